The maximum Gasteiger partial charge on any atom is 0.257 e. The van der Waals surface area contributed by atoms with Crippen LogP contribution in [0.3, 0.4) is 0 Å². The number of rotatable bonds is 6. The van der Waals surface area contributed by atoms with Crippen LogP contribution in [0.1, 0.15) is 40.2 Å². The molecule has 0 saturated carbocycles. The third-order valence-electron chi connectivity index (χ3n) is 5.16. The predicted molar refractivity (Wildman–Crippen MR) is 121 cm³/mol. The van der Waals surface area contributed by atoms with Crippen molar-refractivity contribution in [2.75, 3.05) is 18.4 Å². The molecule has 0 radical (unpaired) electrons. The van der Waals surface area contributed by atoms with E-state index in [0.29, 0.717) is 17.1 Å². The van der Waals surface area contributed by atoms with Crippen LogP contribution in [0.25, 0.3) is 0 Å². The summed E-state index contributed by atoms with van der Waals surface area (Å²) >= 11 is 1.40. The first kappa shape index (κ1) is 21.6. The molecule has 1 amide bonds. The Morgan fingerprint density at radius 2 is 1.90 bits per heavy atom. The molecule has 1 aromatic heterocycles. The summed E-state index contributed by atoms with van der Waals surface area (Å²) in [7, 11) is 0. The van der Waals surface area contributed by atoms with E-state index in [1.807, 2.05) is 30.3 Å². The number of nitrogens with zero attached hydrogens (tertiary/aromatic N) is 2. The third-order valence-corrected chi connectivity index (χ3v) is 6.07. The topological polar surface area (TPSA) is 54.5 Å². The lowest BCUT2D eigenvalue weighted by Crippen LogP contribution is -2.44. The number of nitrogens with one attached hydrogen (secondary N) is 1. The summed E-state index contributed by atoms with van der Waals surface area (Å²) in [6.07, 6.45) is 2.77. The van der Waals surface area contributed by atoms with Crippen molar-refractivity contribution in [3.05, 3.63) is 82.1 Å². The summed E-state index contributed by atoms with van der Waals surface area (Å²) in [5.74, 6) is -0.441. The number of ether oxygens (including phenoxy) is 1. The van der Waals surface area contributed by atoms with E-state index in [-0.39, 0.29) is 23.9 Å². The first-order valence-electron chi connectivity index (χ1n) is 10.4. The van der Waals surface area contributed by atoms with E-state index < -0.39 is 0 Å². The molecule has 4 rings (SSSR count). The smallest absolute Gasteiger partial charge is 0.257 e. The van der Waals surface area contributed by atoms with E-state index in [2.05, 4.69) is 29.0 Å². The van der Waals surface area contributed by atoms with E-state index in [9.17, 15) is 9.18 Å². The van der Waals surface area contributed by atoms with Crippen LogP contribution in [0.2, 0.25) is 0 Å². The second-order valence-electron chi connectivity index (χ2n) is 8.04. The number of hydrogen-bond acceptors (Lipinski definition) is 5. The van der Waals surface area contributed by atoms with Gasteiger partial charge in [-0.2, -0.15) is 0 Å². The van der Waals surface area contributed by atoms with Crippen molar-refractivity contribution >= 4 is 22.4 Å². The van der Waals surface area contributed by atoms with Gasteiger partial charge in [-0.15, -0.1) is 11.3 Å². The SMILES string of the molecule is CC1CN(Cc2ccc(C(=O)Nc3ncc(Cc4cccc(F)c4)s3)cc2)CC(C)O1. The number of benzene rings is 2. The van der Waals surface area contributed by atoms with Crippen molar-refractivity contribution in [1.82, 2.24) is 9.88 Å². The van der Waals surface area contributed by atoms with Gasteiger partial charge in [0.25, 0.3) is 5.91 Å². The lowest BCUT2D eigenvalue weighted by atomic mass is 10.1. The molecule has 1 N–H and O–H groups in total. The zero-order valence-electron chi connectivity index (χ0n) is 17.7. The van der Waals surface area contributed by atoms with Gasteiger partial charge in [0, 0.05) is 42.7 Å². The third kappa shape index (κ3) is 5.97. The van der Waals surface area contributed by atoms with Gasteiger partial charge in [-0.1, -0.05) is 24.3 Å². The van der Waals surface area contributed by atoms with E-state index in [4.69, 9.17) is 4.74 Å². The van der Waals surface area contributed by atoms with E-state index in [0.717, 1.165) is 30.1 Å². The molecule has 5 nitrogen and oxygen atoms in total. The molecule has 162 valence electrons. The lowest BCUT2D eigenvalue weighted by molar-refractivity contribution is -0.0704. The van der Waals surface area contributed by atoms with Crippen molar-refractivity contribution in [3.63, 3.8) is 0 Å². The zero-order valence-corrected chi connectivity index (χ0v) is 18.5. The second-order valence-corrected chi connectivity index (χ2v) is 9.16. The quantitative estimate of drug-likeness (QED) is 0.603. The largest absolute Gasteiger partial charge is 0.373 e. The highest BCUT2D eigenvalue weighted by molar-refractivity contribution is 7.15. The van der Waals surface area contributed by atoms with Gasteiger partial charge in [-0.3, -0.25) is 15.0 Å². The number of amides is 1. The average molecular weight is 440 g/mol. The Hall–Kier alpha value is -2.61. The Morgan fingerprint density at radius 1 is 1.16 bits per heavy atom. The number of aromatic nitrogens is 1. The Kier molecular flexibility index (Phi) is 6.75. The fourth-order valence-electron chi connectivity index (χ4n) is 3.90. The Bertz CT molecular complexity index is 1030. The maximum absolute atomic E-state index is 13.4. The van der Waals surface area contributed by atoms with Crippen molar-refractivity contribution in [3.8, 4) is 0 Å². The fraction of sp³-hybridized carbons (Fsp3) is 0.333. The lowest BCUT2D eigenvalue weighted by Gasteiger charge is -2.35. The van der Waals surface area contributed by atoms with Crippen LogP contribution in [0.5, 0.6) is 0 Å². The minimum atomic E-state index is -0.253. The Morgan fingerprint density at radius 3 is 2.61 bits per heavy atom. The van der Waals surface area contributed by atoms with Crippen molar-refractivity contribution < 1.29 is 13.9 Å². The minimum Gasteiger partial charge on any atom is -0.373 e. The predicted octanol–water partition coefficient (Wildman–Crippen LogP) is 4.73. The Balaban J connectivity index is 1.33. The Labute approximate surface area is 185 Å². The van der Waals surface area contributed by atoms with Gasteiger partial charge in [-0.05, 0) is 49.2 Å². The number of morpholine rings is 1. The molecular formula is C24H26FN3O2S. The maximum atomic E-state index is 13.4. The van der Waals surface area contributed by atoms with Crippen LogP contribution < -0.4 is 5.32 Å². The molecule has 2 aromatic carbocycles. The minimum absolute atomic E-state index is 0.188. The molecule has 7 heteroatoms. The molecule has 1 saturated heterocycles. The average Bonchev–Trinajstić information content (AvgIpc) is 3.14. The van der Waals surface area contributed by atoms with Crippen LogP contribution in [0, 0.1) is 5.82 Å². The highest BCUT2D eigenvalue weighted by Gasteiger charge is 2.22. The summed E-state index contributed by atoms with van der Waals surface area (Å²) in [6, 6.07) is 14.2. The molecule has 0 bridgehead atoms. The fourth-order valence-corrected chi connectivity index (χ4v) is 4.74. The molecule has 2 atom stereocenters. The molecule has 2 unspecified atom stereocenters. The van der Waals surface area contributed by atoms with E-state index >= 15 is 0 Å². The van der Waals surface area contributed by atoms with Gasteiger partial charge in [0.05, 0.1) is 12.2 Å². The van der Waals surface area contributed by atoms with Crippen LogP contribution in [-0.4, -0.2) is 41.1 Å². The van der Waals surface area contributed by atoms with E-state index in [1.54, 1.807) is 12.3 Å². The normalized spacial score (nSPS) is 19.3. The first-order chi connectivity index (χ1) is 14.9. The number of halogens is 1. The summed E-state index contributed by atoms with van der Waals surface area (Å²) in [4.78, 5) is 20.2. The standard InChI is InChI=1S/C24H26FN3O2S/c1-16-13-28(14-17(2)30-16)15-18-6-8-20(9-7-18)23(29)27-24-26-12-22(31-24)11-19-4-3-5-21(25)10-19/h3-10,12,16-17H,11,13-15H2,1-2H3,(H,26,27,29). The van der Waals surface area contributed by atoms with Gasteiger partial charge in [0.1, 0.15) is 5.82 Å². The van der Waals surface area contributed by atoms with Gasteiger partial charge in [0.2, 0.25) is 0 Å². The van der Waals surface area contributed by atoms with Crippen molar-refractivity contribution in [1.29, 1.82) is 0 Å². The second kappa shape index (κ2) is 9.68. The highest BCUT2D eigenvalue weighted by atomic mass is 32.1. The van der Waals surface area contributed by atoms with Gasteiger partial charge in [0.15, 0.2) is 5.13 Å². The van der Waals surface area contributed by atoms with Crippen LogP contribution in [0.15, 0.2) is 54.7 Å². The number of carbonyl (C=O) groups is 1. The molecule has 0 spiro atoms. The molecule has 1 fully saturated rings. The van der Waals surface area contributed by atoms with Crippen LogP contribution in [-0.2, 0) is 17.7 Å². The monoisotopic (exact) mass is 439 g/mol. The summed E-state index contributed by atoms with van der Waals surface area (Å²) < 4.78 is 19.1. The molecule has 1 aliphatic heterocycles. The zero-order chi connectivity index (χ0) is 21.8. The number of carbonyl (C=O) groups excluding carboxylic acids is 1. The molecule has 2 heterocycles. The number of thiazole rings is 1. The van der Waals surface area contributed by atoms with Gasteiger partial charge >= 0.3 is 0 Å². The summed E-state index contributed by atoms with van der Waals surface area (Å²) in [5.41, 5.74) is 2.64. The molecule has 1 aliphatic rings. The van der Waals surface area contributed by atoms with E-state index in [1.165, 1.54) is 29.0 Å². The van der Waals surface area contributed by atoms with Gasteiger partial charge in [-0.25, -0.2) is 9.37 Å². The van der Waals surface area contributed by atoms with Crippen LogP contribution >= 0.6 is 11.3 Å². The summed E-state index contributed by atoms with van der Waals surface area (Å²) in [6.45, 7) is 6.86. The van der Waals surface area contributed by atoms with Gasteiger partial charge < -0.3 is 4.74 Å². The van der Waals surface area contributed by atoms with Crippen molar-refractivity contribution in [2.24, 2.45) is 0 Å². The molecular weight excluding hydrogens is 413 g/mol. The molecule has 3 aromatic rings. The molecule has 31 heavy (non-hydrogen) atoms. The summed E-state index contributed by atoms with van der Waals surface area (Å²) in [5, 5.41) is 3.39. The number of anilines is 1. The molecule has 0 aliphatic carbocycles. The van der Waals surface area contributed by atoms with Crippen LogP contribution in [0.4, 0.5) is 9.52 Å². The highest BCUT2D eigenvalue weighted by Crippen LogP contribution is 2.22. The number of hydrogen-bond donors (Lipinski definition) is 1. The van der Waals surface area contributed by atoms with Crippen molar-refractivity contribution in [2.45, 2.75) is 39.0 Å². The first-order valence-corrected chi connectivity index (χ1v) is 11.2.